The zero-order chi connectivity index (χ0) is 9.97. The van der Waals surface area contributed by atoms with E-state index < -0.39 is 5.97 Å². The number of aliphatic carboxylic acids is 1. The van der Waals surface area contributed by atoms with Gasteiger partial charge in [0.15, 0.2) is 0 Å². The van der Waals surface area contributed by atoms with E-state index in [9.17, 15) is 4.79 Å². The molecule has 1 aromatic heterocycles. The summed E-state index contributed by atoms with van der Waals surface area (Å²) in [6.45, 7) is 0. The summed E-state index contributed by atoms with van der Waals surface area (Å²) in [5.74, 6) is -0.297. The third-order valence-electron chi connectivity index (χ3n) is 2.49. The molecule has 5 heteroatoms. The van der Waals surface area contributed by atoms with Gasteiger partial charge in [-0.15, -0.1) is 21.5 Å². The molecule has 1 aromatic rings. The Morgan fingerprint density at radius 2 is 2.14 bits per heavy atom. The smallest absolute Gasteiger partial charge is 0.310 e. The first-order valence-electron chi connectivity index (χ1n) is 4.80. The van der Waals surface area contributed by atoms with Crippen molar-refractivity contribution in [3.8, 4) is 0 Å². The molecule has 0 radical (unpaired) electrons. The van der Waals surface area contributed by atoms with Gasteiger partial charge in [-0.25, -0.2) is 0 Å². The van der Waals surface area contributed by atoms with Crippen molar-refractivity contribution in [3.63, 3.8) is 0 Å². The molecule has 1 aliphatic carbocycles. The van der Waals surface area contributed by atoms with Gasteiger partial charge >= 0.3 is 5.97 Å². The molecule has 1 aliphatic rings. The molecule has 1 fully saturated rings. The average Bonchev–Trinajstić information content (AvgIpc) is 2.69. The van der Waals surface area contributed by atoms with Gasteiger partial charge in [0.25, 0.3) is 0 Å². The summed E-state index contributed by atoms with van der Waals surface area (Å²) >= 11 is 1.46. The maximum atomic E-state index is 10.4. The molecule has 0 aromatic carbocycles. The molecule has 14 heavy (non-hydrogen) atoms. The minimum Gasteiger partial charge on any atom is -0.481 e. The van der Waals surface area contributed by atoms with Crippen molar-refractivity contribution in [1.82, 2.24) is 10.2 Å². The van der Waals surface area contributed by atoms with Crippen LogP contribution in [0, 0.1) is 0 Å². The fourth-order valence-electron chi connectivity index (χ4n) is 1.81. The number of nitrogens with zero attached hydrogens (tertiary/aromatic N) is 2. The predicted molar refractivity (Wildman–Crippen MR) is 52.5 cm³/mol. The van der Waals surface area contributed by atoms with E-state index in [2.05, 4.69) is 10.2 Å². The first-order valence-corrected chi connectivity index (χ1v) is 5.61. The second-order valence-electron chi connectivity index (χ2n) is 3.59. The van der Waals surface area contributed by atoms with Gasteiger partial charge in [0.05, 0.1) is 6.42 Å². The molecule has 76 valence electrons. The highest BCUT2D eigenvalue weighted by molar-refractivity contribution is 7.11. The fraction of sp³-hybridized carbons (Fsp3) is 0.667. The number of hydrogen-bond donors (Lipinski definition) is 1. The van der Waals surface area contributed by atoms with Crippen LogP contribution >= 0.6 is 11.3 Å². The Labute approximate surface area is 86.0 Å². The van der Waals surface area contributed by atoms with Crippen molar-refractivity contribution < 1.29 is 9.90 Å². The van der Waals surface area contributed by atoms with Gasteiger partial charge in [-0.2, -0.15) is 0 Å². The molecule has 1 saturated carbocycles. The zero-order valence-corrected chi connectivity index (χ0v) is 8.59. The Morgan fingerprint density at radius 1 is 1.43 bits per heavy atom. The van der Waals surface area contributed by atoms with E-state index >= 15 is 0 Å². The van der Waals surface area contributed by atoms with Crippen LogP contribution in [-0.2, 0) is 11.2 Å². The molecular weight excluding hydrogens is 200 g/mol. The van der Waals surface area contributed by atoms with Crippen molar-refractivity contribution in [1.29, 1.82) is 0 Å². The summed E-state index contributed by atoms with van der Waals surface area (Å²) in [6.07, 6.45) is 4.89. The molecule has 0 saturated heterocycles. The number of carboxylic acid groups (broad SMARTS) is 1. The van der Waals surface area contributed by atoms with Crippen molar-refractivity contribution in [2.75, 3.05) is 0 Å². The normalized spacial score (nSPS) is 17.4. The lowest BCUT2D eigenvalue weighted by Crippen LogP contribution is -1.98. The zero-order valence-electron chi connectivity index (χ0n) is 7.77. The topological polar surface area (TPSA) is 63.1 Å². The van der Waals surface area contributed by atoms with Crippen LogP contribution in [0.25, 0.3) is 0 Å². The van der Waals surface area contributed by atoms with E-state index in [0.29, 0.717) is 10.9 Å². The highest BCUT2D eigenvalue weighted by Crippen LogP contribution is 2.35. The Morgan fingerprint density at radius 3 is 2.79 bits per heavy atom. The van der Waals surface area contributed by atoms with Gasteiger partial charge in [0.2, 0.25) is 0 Å². The molecule has 4 nitrogen and oxygen atoms in total. The number of carbonyl (C=O) groups is 1. The second kappa shape index (κ2) is 4.04. The summed E-state index contributed by atoms with van der Waals surface area (Å²) in [5.41, 5.74) is 0. The van der Waals surface area contributed by atoms with Crippen LogP contribution in [0.5, 0.6) is 0 Å². The molecule has 0 bridgehead atoms. The molecule has 0 unspecified atom stereocenters. The number of aromatic nitrogens is 2. The standard InChI is InChI=1S/C9H12N2O2S/c12-8(13)5-7-10-11-9(14-7)6-3-1-2-4-6/h6H,1-5H2,(H,12,13). The third-order valence-corrected chi connectivity index (χ3v) is 3.58. The molecule has 0 atom stereocenters. The molecule has 2 rings (SSSR count). The summed E-state index contributed by atoms with van der Waals surface area (Å²) < 4.78 is 0. The monoisotopic (exact) mass is 212 g/mol. The summed E-state index contributed by atoms with van der Waals surface area (Å²) in [6, 6.07) is 0. The fourth-order valence-corrected chi connectivity index (χ4v) is 2.81. The van der Waals surface area contributed by atoms with E-state index in [1.54, 1.807) is 0 Å². The number of hydrogen-bond acceptors (Lipinski definition) is 4. The highest BCUT2D eigenvalue weighted by Gasteiger charge is 2.21. The van der Waals surface area contributed by atoms with Crippen LogP contribution in [0.15, 0.2) is 0 Å². The molecular formula is C9H12N2O2S. The Kier molecular flexibility index (Phi) is 2.77. The maximum absolute atomic E-state index is 10.4. The first-order chi connectivity index (χ1) is 6.75. The van der Waals surface area contributed by atoms with E-state index in [1.807, 2.05) is 0 Å². The molecule has 0 spiro atoms. The Hall–Kier alpha value is -0.970. The molecule has 0 aliphatic heterocycles. The largest absolute Gasteiger partial charge is 0.481 e. The second-order valence-corrected chi connectivity index (χ2v) is 4.68. The van der Waals surface area contributed by atoms with Gasteiger partial charge < -0.3 is 5.11 Å². The number of carboxylic acids is 1. The SMILES string of the molecule is O=C(O)Cc1nnc(C2CCCC2)s1. The van der Waals surface area contributed by atoms with Gasteiger partial charge in [-0.3, -0.25) is 4.79 Å². The molecule has 1 heterocycles. The van der Waals surface area contributed by atoms with Crippen LogP contribution in [0.2, 0.25) is 0 Å². The van der Waals surface area contributed by atoms with Crippen LogP contribution in [-0.4, -0.2) is 21.3 Å². The lowest BCUT2D eigenvalue weighted by molar-refractivity contribution is -0.136. The minimum atomic E-state index is -0.834. The van der Waals surface area contributed by atoms with Crippen molar-refractivity contribution in [2.24, 2.45) is 0 Å². The lowest BCUT2D eigenvalue weighted by atomic mass is 10.1. The summed E-state index contributed by atoms with van der Waals surface area (Å²) in [7, 11) is 0. The van der Waals surface area contributed by atoms with Crippen LogP contribution in [0.4, 0.5) is 0 Å². The van der Waals surface area contributed by atoms with Crippen LogP contribution < -0.4 is 0 Å². The molecule has 0 amide bonds. The van der Waals surface area contributed by atoms with E-state index in [0.717, 1.165) is 5.01 Å². The predicted octanol–water partition coefficient (Wildman–Crippen LogP) is 1.82. The van der Waals surface area contributed by atoms with Gasteiger partial charge in [-0.05, 0) is 12.8 Å². The highest BCUT2D eigenvalue weighted by atomic mass is 32.1. The third kappa shape index (κ3) is 2.09. The van der Waals surface area contributed by atoms with E-state index in [1.165, 1.54) is 37.0 Å². The van der Waals surface area contributed by atoms with Crippen LogP contribution in [0.3, 0.4) is 0 Å². The van der Waals surface area contributed by atoms with Crippen LogP contribution in [0.1, 0.15) is 41.6 Å². The lowest BCUT2D eigenvalue weighted by Gasteiger charge is -2.00. The quantitative estimate of drug-likeness (QED) is 0.830. The van der Waals surface area contributed by atoms with Crippen molar-refractivity contribution in [2.45, 2.75) is 38.0 Å². The van der Waals surface area contributed by atoms with Crippen molar-refractivity contribution >= 4 is 17.3 Å². The van der Waals surface area contributed by atoms with Gasteiger partial charge in [0, 0.05) is 5.92 Å². The number of rotatable bonds is 3. The Balaban J connectivity index is 2.05. The van der Waals surface area contributed by atoms with Gasteiger partial charge in [0.1, 0.15) is 10.0 Å². The minimum absolute atomic E-state index is 0.00435. The van der Waals surface area contributed by atoms with Gasteiger partial charge in [-0.1, -0.05) is 12.8 Å². The maximum Gasteiger partial charge on any atom is 0.310 e. The van der Waals surface area contributed by atoms with E-state index in [4.69, 9.17) is 5.11 Å². The molecule has 1 N–H and O–H groups in total. The van der Waals surface area contributed by atoms with E-state index in [-0.39, 0.29) is 6.42 Å². The Bertz CT molecular complexity index is 331. The first kappa shape index (κ1) is 9.58. The summed E-state index contributed by atoms with van der Waals surface area (Å²) in [4.78, 5) is 10.4. The summed E-state index contributed by atoms with van der Waals surface area (Å²) in [5, 5.41) is 18.2. The average molecular weight is 212 g/mol. The van der Waals surface area contributed by atoms with Crippen molar-refractivity contribution in [3.05, 3.63) is 10.0 Å².